The zero-order valence-electron chi connectivity index (χ0n) is 13.1. The van der Waals surface area contributed by atoms with Crippen LogP contribution in [0.15, 0.2) is 0 Å². The molecule has 0 radical (unpaired) electrons. The van der Waals surface area contributed by atoms with Gasteiger partial charge in [-0.2, -0.15) is 23.5 Å². The summed E-state index contributed by atoms with van der Waals surface area (Å²) in [5.41, 5.74) is 0. The average molecular weight is 319 g/mol. The van der Waals surface area contributed by atoms with E-state index in [2.05, 4.69) is 40.4 Å². The van der Waals surface area contributed by atoms with Crippen LogP contribution in [0, 0.1) is 5.92 Å². The lowest BCUT2D eigenvalue weighted by Gasteiger charge is -2.35. The first-order chi connectivity index (χ1) is 9.79. The molecular formula is C15H30N2OS2. The van der Waals surface area contributed by atoms with Crippen molar-refractivity contribution < 1.29 is 4.74 Å². The summed E-state index contributed by atoms with van der Waals surface area (Å²) >= 11 is 4.28. The first-order valence-corrected chi connectivity index (χ1v) is 10.2. The minimum atomic E-state index is 0.791. The highest BCUT2D eigenvalue weighted by molar-refractivity contribution is 8.03. The Bertz CT molecular complexity index is 252. The fourth-order valence-corrected chi connectivity index (χ4v) is 5.74. The molecule has 0 amide bonds. The first kappa shape index (κ1) is 16.9. The number of hydrogen-bond donors (Lipinski definition) is 0. The minimum absolute atomic E-state index is 0.791. The van der Waals surface area contributed by atoms with Gasteiger partial charge in [0.1, 0.15) is 0 Å². The van der Waals surface area contributed by atoms with Crippen molar-refractivity contribution in [3.8, 4) is 0 Å². The summed E-state index contributed by atoms with van der Waals surface area (Å²) in [6.45, 7) is 5.80. The van der Waals surface area contributed by atoms with Gasteiger partial charge in [-0.15, -0.1) is 0 Å². The van der Waals surface area contributed by atoms with E-state index in [4.69, 9.17) is 4.74 Å². The summed E-state index contributed by atoms with van der Waals surface area (Å²) in [5.74, 6) is 6.24. The quantitative estimate of drug-likeness (QED) is 0.743. The molecule has 20 heavy (non-hydrogen) atoms. The highest BCUT2D eigenvalue weighted by Gasteiger charge is 2.23. The van der Waals surface area contributed by atoms with E-state index in [1.165, 1.54) is 55.5 Å². The molecule has 0 aliphatic carbocycles. The molecule has 118 valence electrons. The van der Waals surface area contributed by atoms with Crippen LogP contribution in [0.1, 0.15) is 12.8 Å². The monoisotopic (exact) mass is 318 g/mol. The summed E-state index contributed by atoms with van der Waals surface area (Å²) in [6, 6.07) is 0.791. The average Bonchev–Trinajstić information content (AvgIpc) is 2.75. The zero-order valence-corrected chi connectivity index (χ0v) is 14.7. The molecule has 2 fully saturated rings. The van der Waals surface area contributed by atoms with Crippen molar-refractivity contribution in [1.82, 2.24) is 9.80 Å². The molecule has 0 saturated carbocycles. The summed E-state index contributed by atoms with van der Waals surface area (Å²) < 4.78 is 5.17. The number of likely N-dealkylation sites (tertiary alicyclic amines) is 1. The van der Waals surface area contributed by atoms with Gasteiger partial charge in [-0.25, -0.2) is 0 Å². The molecule has 0 N–H and O–H groups in total. The number of nitrogens with zero attached hydrogens (tertiary/aromatic N) is 2. The highest BCUT2D eigenvalue weighted by Crippen LogP contribution is 2.23. The lowest BCUT2D eigenvalue weighted by Crippen LogP contribution is -2.43. The zero-order chi connectivity index (χ0) is 14.2. The Labute approximate surface area is 133 Å². The van der Waals surface area contributed by atoms with E-state index in [0.29, 0.717) is 0 Å². The number of methoxy groups -OCH3 is 1. The van der Waals surface area contributed by atoms with Crippen molar-refractivity contribution >= 4 is 23.5 Å². The second-order valence-electron chi connectivity index (χ2n) is 6.02. The van der Waals surface area contributed by atoms with Gasteiger partial charge in [0.15, 0.2) is 0 Å². The van der Waals surface area contributed by atoms with Crippen LogP contribution in [-0.4, -0.2) is 85.8 Å². The number of piperidine rings is 1. The standard InChI is InChI=1S/C15H30N2OS2/c1-16(15-12-19-9-10-20-13-15)11-14-3-5-17(6-4-14)7-8-18-2/h14-15H,3-13H2,1-2H3. The minimum Gasteiger partial charge on any atom is -0.383 e. The largest absolute Gasteiger partial charge is 0.383 e. The SMILES string of the molecule is COCCN1CCC(CN(C)C2CSCCSC2)CC1. The van der Waals surface area contributed by atoms with E-state index in [9.17, 15) is 0 Å². The van der Waals surface area contributed by atoms with Crippen molar-refractivity contribution in [3.05, 3.63) is 0 Å². The molecule has 0 aromatic carbocycles. The Hall–Kier alpha value is 0.580. The lowest BCUT2D eigenvalue weighted by molar-refractivity contribution is 0.107. The van der Waals surface area contributed by atoms with Crippen molar-refractivity contribution in [2.45, 2.75) is 18.9 Å². The lowest BCUT2D eigenvalue weighted by atomic mass is 9.96. The van der Waals surface area contributed by atoms with Gasteiger partial charge in [0.05, 0.1) is 6.61 Å². The number of ether oxygens (including phenoxy) is 1. The van der Waals surface area contributed by atoms with Crippen LogP contribution in [0.3, 0.4) is 0 Å². The Morgan fingerprint density at radius 3 is 2.40 bits per heavy atom. The third kappa shape index (κ3) is 5.76. The van der Waals surface area contributed by atoms with E-state index < -0.39 is 0 Å². The van der Waals surface area contributed by atoms with Gasteiger partial charge in [-0.1, -0.05) is 0 Å². The maximum Gasteiger partial charge on any atom is 0.0589 e. The molecule has 0 aromatic rings. The smallest absolute Gasteiger partial charge is 0.0589 e. The Morgan fingerprint density at radius 1 is 1.15 bits per heavy atom. The second kappa shape index (κ2) is 9.57. The Kier molecular flexibility index (Phi) is 8.10. The predicted octanol–water partition coefficient (Wildman–Crippen LogP) is 2.13. The summed E-state index contributed by atoms with van der Waals surface area (Å²) in [7, 11) is 4.14. The highest BCUT2D eigenvalue weighted by atomic mass is 32.2. The maximum atomic E-state index is 5.17. The van der Waals surface area contributed by atoms with E-state index in [1.54, 1.807) is 7.11 Å². The van der Waals surface area contributed by atoms with Gasteiger partial charge < -0.3 is 14.5 Å². The third-order valence-corrected chi connectivity index (χ3v) is 6.97. The van der Waals surface area contributed by atoms with Crippen molar-refractivity contribution in [1.29, 1.82) is 0 Å². The van der Waals surface area contributed by atoms with Gasteiger partial charge in [0.2, 0.25) is 0 Å². The Morgan fingerprint density at radius 2 is 1.80 bits per heavy atom. The maximum absolute atomic E-state index is 5.17. The molecule has 0 aromatic heterocycles. The fraction of sp³-hybridized carbons (Fsp3) is 1.00. The summed E-state index contributed by atoms with van der Waals surface area (Å²) in [5, 5.41) is 0. The van der Waals surface area contributed by atoms with Crippen LogP contribution in [0.25, 0.3) is 0 Å². The predicted molar refractivity (Wildman–Crippen MR) is 92.1 cm³/mol. The van der Waals surface area contributed by atoms with Crippen LogP contribution in [0.2, 0.25) is 0 Å². The number of rotatable bonds is 6. The molecule has 0 bridgehead atoms. The molecule has 2 rings (SSSR count). The molecule has 0 unspecified atom stereocenters. The van der Waals surface area contributed by atoms with Gasteiger partial charge in [-0.3, -0.25) is 0 Å². The topological polar surface area (TPSA) is 15.7 Å². The van der Waals surface area contributed by atoms with Crippen LogP contribution in [0.4, 0.5) is 0 Å². The summed E-state index contributed by atoms with van der Waals surface area (Å²) in [4.78, 5) is 5.19. The van der Waals surface area contributed by atoms with Gasteiger partial charge in [0.25, 0.3) is 0 Å². The molecule has 3 nitrogen and oxygen atoms in total. The van der Waals surface area contributed by atoms with Gasteiger partial charge >= 0.3 is 0 Å². The van der Waals surface area contributed by atoms with E-state index in [0.717, 1.165) is 25.1 Å². The second-order valence-corrected chi connectivity index (χ2v) is 8.32. The molecular weight excluding hydrogens is 288 g/mol. The first-order valence-electron chi connectivity index (χ1n) is 7.86. The van der Waals surface area contributed by atoms with Crippen LogP contribution >= 0.6 is 23.5 Å². The van der Waals surface area contributed by atoms with Crippen molar-refractivity contribution in [3.63, 3.8) is 0 Å². The molecule has 0 atom stereocenters. The molecule has 2 saturated heterocycles. The third-order valence-electron chi connectivity index (χ3n) is 4.48. The van der Waals surface area contributed by atoms with Crippen molar-refractivity contribution in [2.75, 3.05) is 70.0 Å². The fourth-order valence-electron chi connectivity index (χ4n) is 3.03. The van der Waals surface area contributed by atoms with Gasteiger partial charge in [-0.05, 0) is 38.9 Å². The molecule has 2 heterocycles. The van der Waals surface area contributed by atoms with E-state index >= 15 is 0 Å². The molecule has 2 aliphatic rings. The molecule has 2 aliphatic heterocycles. The normalized spacial score (nSPS) is 24.1. The summed E-state index contributed by atoms with van der Waals surface area (Å²) in [6.07, 6.45) is 2.72. The van der Waals surface area contributed by atoms with E-state index in [-0.39, 0.29) is 0 Å². The number of thioether (sulfide) groups is 2. The Balaban J connectivity index is 1.66. The van der Waals surface area contributed by atoms with Crippen LogP contribution in [-0.2, 0) is 4.74 Å². The van der Waals surface area contributed by atoms with Gasteiger partial charge in [0, 0.05) is 49.3 Å². The van der Waals surface area contributed by atoms with E-state index in [1.807, 2.05) is 0 Å². The molecule has 0 spiro atoms. The van der Waals surface area contributed by atoms with Crippen LogP contribution in [0.5, 0.6) is 0 Å². The molecule has 5 heteroatoms. The van der Waals surface area contributed by atoms with Crippen molar-refractivity contribution in [2.24, 2.45) is 5.92 Å². The van der Waals surface area contributed by atoms with Crippen LogP contribution < -0.4 is 0 Å². The number of hydrogen-bond acceptors (Lipinski definition) is 5.